The first kappa shape index (κ1) is 24.3. The molecule has 0 saturated heterocycles. The van der Waals surface area contributed by atoms with Crippen LogP contribution >= 0.6 is 0 Å². The number of anilines is 3. The standard InChI is InChI=1S/C28H31N7O3/c1-16-13-17(2)25-22(14-16)33-28(38-25)32-19-5-3-18(4-6-19)24-23-26(29)30-15-31-27(23)35(34-24)20-7-9-21(10-8-20)37-12-11-36/h3-6,13-15,20-21,36H,7-12H2,1-2H3,(H,32,33)(H2,29,30,31). The first-order valence-corrected chi connectivity index (χ1v) is 13.0. The molecule has 10 heteroatoms. The highest BCUT2D eigenvalue weighted by Crippen LogP contribution is 2.37. The highest BCUT2D eigenvalue weighted by molar-refractivity contribution is 5.98. The Bertz CT molecular complexity index is 1580. The number of benzene rings is 2. The Morgan fingerprint density at radius 1 is 1.11 bits per heavy atom. The van der Waals surface area contributed by atoms with E-state index in [0.29, 0.717) is 18.4 Å². The van der Waals surface area contributed by atoms with Crippen molar-refractivity contribution in [2.24, 2.45) is 0 Å². The molecule has 38 heavy (non-hydrogen) atoms. The summed E-state index contributed by atoms with van der Waals surface area (Å²) in [7, 11) is 0. The first-order chi connectivity index (χ1) is 18.5. The van der Waals surface area contributed by atoms with Crippen molar-refractivity contribution in [2.45, 2.75) is 51.7 Å². The summed E-state index contributed by atoms with van der Waals surface area (Å²) in [5.74, 6) is 0.413. The van der Waals surface area contributed by atoms with Gasteiger partial charge in [-0.2, -0.15) is 10.1 Å². The quantitative estimate of drug-likeness (QED) is 0.272. The number of aliphatic hydroxyl groups is 1. The van der Waals surface area contributed by atoms with Gasteiger partial charge in [-0.3, -0.25) is 0 Å². The minimum Gasteiger partial charge on any atom is -0.423 e. The summed E-state index contributed by atoms with van der Waals surface area (Å²) >= 11 is 0. The number of rotatable bonds is 7. The predicted octanol–water partition coefficient (Wildman–Crippen LogP) is 5.07. The van der Waals surface area contributed by atoms with Crippen LogP contribution in [-0.2, 0) is 4.74 Å². The molecule has 1 saturated carbocycles. The zero-order valence-electron chi connectivity index (χ0n) is 21.5. The number of hydrogen-bond acceptors (Lipinski definition) is 9. The Hall–Kier alpha value is -4.02. The molecule has 2 aromatic carbocycles. The van der Waals surface area contributed by atoms with Gasteiger partial charge in [-0.25, -0.2) is 14.6 Å². The second-order valence-corrected chi connectivity index (χ2v) is 9.93. The second-order valence-electron chi connectivity index (χ2n) is 9.93. The number of aromatic nitrogens is 5. The average Bonchev–Trinajstić information content (AvgIpc) is 3.51. The molecule has 0 amide bonds. The fraction of sp³-hybridized carbons (Fsp3) is 0.357. The highest BCUT2D eigenvalue weighted by Gasteiger charge is 2.27. The molecule has 3 heterocycles. The van der Waals surface area contributed by atoms with Crippen molar-refractivity contribution in [1.82, 2.24) is 24.7 Å². The smallest absolute Gasteiger partial charge is 0.300 e. The molecule has 0 unspecified atom stereocenters. The third kappa shape index (κ3) is 4.57. The number of nitrogen functional groups attached to an aromatic ring is 1. The Morgan fingerprint density at radius 3 is 2.66 bits per heavy atom. The number of nitrogens with two attached hydrogens (primary N) is 1. The van der Waals surface area contributed by atoms with Crippen LogP contribution in [0.2, 0.25) is 0 Å². The largest absolute Gasteiger partial charge is 0.423 e. The minimum absolute atomic E-state index is 0.0474. The molecule has 10 nitrogen and oxygen atoms in total. The Morgan fingerprint density at radius 2 is 1.89 bits per heavy atom. The van der Waals surface area contributed by atoms with Crippen LogP contribution in [0, 0.1) is 13.8 Å². The van der Waals surface area contributed by atoms with Crippen molar-refractivity contribution >= 4 is 39.7 Å². The lowest BCUT2D eigenvalue weighted by Crippen LogP contribution is -2.25. The summed E-state index contributed by atoms with van der Waals surface area (Å²) in [5, 5.41) is 18.1. The lowest BCUT2D eigenvalue weighted by molar-refractivity contribution is 0.00109. The summed E-state index contributed by atoms with van der Waals surface area (Å²) < 4.78 is 13.7. The molecule has 1 aliphatic carbocycles. The van der Waals surface area contributed by atoms with E-state index in [0.717, 1.165) is 75.9 Å². The maximum absolute atomic E-state index is 9.05. The highest BCUT2D eigenvalue weighted by atomic mass is 16.5. The molecular weight excluding hydrogens is 482 g/mol. The normalized spacial score (nSPS) is 17.9. The third-order valence-electron chi connectivity index (χ3n) is 7.18. The van der Waals surface area contributed by atoms with Gasteiger partial charge in [0.25, 0.3) is 6.01 Å². The summed E-state index contributed by atoms with van der Waals surface area (Å²) in [6.45, 7) is 4.50. The monoisotopic (exact) mass is 513 g/mol. The van der Waals surface area contributed by atoms with Gasteiger partial charge in [0.2, 0.25) is 0 Å². The first-order valence-electron chi connectivity index (χ1n) is 13.0. The van der Waals surface area contributed by atoms with Crippen molar-refractivity contribution in [3.63, 3.8) is 0 Å². The molecule has 0 bridgehead atoms. The van der Waals surface area contributed by atoms with E-state index in [1.165, 1.54) is 6.33 Å². The summed E-state index contributed by atoms with van der Waals surface area (Å²) in [4.78, 5) is 13.4. The molecule has 0 radical (unpaired) electrons. The van der Waals surface area contributed by atoms with E-state index in [2.05, 4.69) is 33.3 Å². The number of nitrogens with one attached hydrogen (secondary N) is 1. The predicted molar refractivity (Wildman–Crippen MR) is 146 cm³/mol. The van der Waals surface area contributed by atoms with E-state index in [-0.39, 0.29) is 18.8 Å². The summed E-state index contributed by atoms with van der Waals surface area (Å²) in [6, 6.07) is 12.7. The fourth-order valence-corrected chi connectivity index (χ4v) is 5.39. The topological polar surface area (TPSA) is 137 Å². The zero-order valence-corrected chi connectivity index (χ0v) is 21.5. The van der Waals surface area contributed by atoms with Gasteiger partial charge >= 0.3 is 0 Å². The lowest BCUT2D eigenvalue weighted by atomic mass is 9.93. The SMILES string of the molecule is Cc1cc(C)c2oc(Nc3ccc(-c4nn(C5CCC(OCCO)CC5)c5ncnc(N)c45)cc3)nc2c1. The van der Waals surface area contributed by atoms with Crippen LogP contribution in [0.15, 0.2) is 47.1 Å². The number of ether oxygens (including phenoxy) is 1. The van der Waals surface area contributed by atoms with Gasteiger partial charge in [0.1, 0.15) is 23.4 Å². The molecule has 0 spiro atoms. The van der Waals surface area contributed by atoms with E-state index >= 15 is 0 Å². The lowest BCUT2D eigenvalue weighted by Gasteiger charge is -2.28. The van der Waals surface area contributed by atoms with Crippen molar-refractivity contribution in [3.8, 4) is 11.3 Å². The average molecular weight is 514 g/mol. The van der Waals surface area contributed by atoms with Gasteiger partial charge in [0.15, 0.2) is 11.2 Å². The van der Waals surface area contributed by atoms with Gasteiger partial charge in [-0.1, -0.05) is 18.2 Å². The number of hydrogen-bond donors (Lipinski definition) is 3. The summed E-state index contributed by atoms with van der Waals surface area (Å²) in [5.41, 5.74) is 13.4. The molecular formula is C28H31N7O3. The fourth-order valence-electron chi connectivity index (χ4n) is 5.39. The minimum atomic E-state index is 0.0474. The Kier molecular flexibility index (Phi) is 6.42. The molecule has 1 fully saturated rings. The molecule has 6 rings (SSSR count). The maximum Gasteiger partial charge on any atom is 0.300 e. The number of aliphatic hydroxyl groups excluding tert-OH is 1. The summed E-state index contributed by atoms with van der Waals surface area (Å²) in [6.07, 6.45) is 5.33. The van der Waals surface area contributed by atoms with Gasteiger partial charge in [-0.05, 0) is 68.9 Å². The van der Waals surface area contributed by atoms with Crippen LogP contribution in [-0.4, -0.2) is 49.2 Å². The Balaban J connectivity index is 1.26. The molecule has 1 aliphatic rings. The van der Waals surface area contributed by atoms with Gasteiger partial charge in [-0.15, -0.1) is 0 Å². The van der Waals surface area contributed by atoms with Crippen molar-refractivity contribution < 1.29 is 14.3 Å². The van der Waals surface area contributed by atoms with E-state index in [1.807, 2.05) is 41.9 Å². The molecule has 196 valence electrons. The van der Waals surface area contributed by atoms with Crippen molar-refractivity contribution in [3.05, 3.63) is 53.9 Å². The Labute approximate surface area is 219 Å². The van der Waals surface area contributed by atoms with E-state index in [4.69, 9.17) is 25.1 Å². The molecule has 0 atom stereocenters. The van der Waals surface area contributed by atoms with E-state index in [9.17, 15) is 0 Å². The van der Waals surface area contributed by atoms with Crippen LogP contribution in [0.1, 0.15) is 42.9 Å². The number of aryl methyl sites for hydroxylation is 2. The molecule has 5 aromatic rings. The molecule has 3 aromatic heterocycles. The van der Waals surface area contributed by atoms with Gasteiger partial charge in [0.05, 0.1) is 30.7 Å². The van der Waals surface area contributed by atoms with E-state index in [1.54, 1.807) is 0 Å². The van der Waals surface area contributed by atoms with Crippen LogP contribution in [0.3, 0.4) is 0 Å². The van der Waals surface area contributed by atoms with Crippen LogP contribution < -0.4 is 11.1 Å². The van der Waals surface area contributed by atoms with Gasteiger partial charge in [0, 0.05) is 11.3 Å². The number of oxazole rings is 1. The third-order valence-corrected chi connectivity index (χ3v) is 7.18. The number of fused-ring (bicyclic) bond motifs is 2. The molecule has 4 N–H and O–H groups in total. The van der Waals surface area contributed by atoms with Crippen molar-refractivity contribution in [1.29, 1.82) is 0 Å². The van der Waals surface area contributed by atoms with Crippen LogP contribution in [0.25, 0.3) is 33.4 Å². The van der Waals surface area contributed by atoms with Crippen molar-refractivity contribution in [2.75, 3.05) is 24.3 Å². The van der Waals surface area contributed by atoms with E-state index < -0.39 is 0 Å². The second kappa shape index (κ2) is 10.0. The molecule has 0 aliphatic heterocycles. The maximum atomic E-state index is 9.05. The van der Waals surface area contributed by atoms with Gasteiger partial charge < -0.3 is 25.3 Å². The number of nitrogens with zero attached hydrogens (tertiary/aromatic N) is 5. The zero-order chi connectivity index (χ0) is 26.2. The van der Waals surface area contributed by atoms with Crippen LogP contribution in [0.4, 0.5) is 17.5 Å². The van der Waals surface area contributed by atoms with Crippen LogP contribution in [0.5, 0.6) is 0 Å².